The summed E-state index contributed by atoms with van der Waals surface area (Å²) in [6.45, 7) is 2.45. The van der Waals surface area contributed by atoms with E-state index in [1.807, 2.05) is 19.1 Å². The molecule has 0 aromatic heterocycles. The summed E-state index contributed by atoms with van der Waals surface area (Å²) >= 11 is 0. The van der Waals surface area contributed by atoms with E-state index in [0.717, 1.165) is 12.8 Å². The fourth-order valence-corrected chi connectivity index (χ4v) is 2.15. The topological polar surface area (TPSA) is 55.1 Å². The van der Waals surface area contributed by atoms with E-state index in [1.54, 1.807) is 0 Å². The minimum Gasteiger partial charge on any atom is -0.354 e. The highest BCUT2D eigenvalue weighted by atomic mass is 16.1. The molecule has 3 heteroatoms. The number of fused-ring (bicyclic) bond motifs is 1. The number of hydrogen-bond acceptors (Lipinski definition) is 2. The smallest absolute Gasteiger partial charge is 0.223 e. The molecule has 1 aromatic carbocycles. The van der Waals surface area contributed by atoms with Crippen molar-refractivity contribution < 1.29 is 4.79 Å². The molecule has 1 aliphatic rings. The molecule has 0 saturated carbocycles. The van der Waals surface area contributed by atoms with Gasteiger partial charge in [-0.2, -0.15) is 0 Å². The van der Waals surface area contributed by atoms with Crippen LogP contribution in [0.5, 0.6) is 0 Å². The van der Waals surface area contributed by atoms with Crippen LogP contribution in [0.1, 0.15) is 18.1 Å². The van der Waals surface area contributed by atoms with E-state index in [-0.39, 0.29) is 17.9 Å². The van der Waals surface area contributed by atoms with Crippen molar-refractivity contribution in [1.82, 2.24) is 5.32 Å². The SMILES string of the molecule is CC(N)CNC(=O)C1Cc2ccccc2C1. The zero-order chi connectivity index (χ0) is 11.5. The van der Waals surface area contributed by atoms with E-state index >= 15 is 0 Å². The number of nitrogens with two attached hydrogens (primary N) is 1. The second-order valence-electron chi connectivity index (χ2n) is 4.60. The van der Waals surface area contributed by atoms with Gasteiger partial charge in [0, 0.05) is 18.5 Å². The molecule has 0 heterocycles. The standard InChI is InChI=1S/C13H18N2O/c1-9(14)8-15-13(16)12-6-10-4-2-3-5-11(10)7-12/h2-5,9,12H,6-8,14H2,1H3,(H,15,16). The molecule has 16 heavy (non-hydrogen) atoms. The number of hydrogen-bond donors (Lipinski definition) is 2. The van der Waals surface area contributed by atoms with Crippen LogP contribution in [0.4, 0.5) is 0 Å². The van der Waals surface area contributed by atoms with E-state index in [9.17, 15) is 4.79 Å². The number of amides is 1. The van der Waals surface area contributed by atoms with E-state index in [4.69, 9.17) is 5.73 Å². The Morgan fingerprint density at radius 1 is 1.44 bits per heavy atom. The number of benzene rings is 1. The van der Waals surface area contributed by atoms with Gasteiger partial charge in [-0.1, -0.05) is 24.3 Å². The number of rotatable bonds is 3. The van der Waals surface area contributed by atoms with Crippen molar-refractivity contribution >= 4 is 5.91 Å². The first-order chi connectivity index (χ1) is 7.66. The second kappa shape index (κ2) is 4.66. The molecule has 2 rings (SSSR count). The van der Waals surface area contributed by atoms with Crippen molar-refractivity contribution in [1.29, 1.82) is 0 Å². The average molecular weight is 218 g/mol. The van der Waals surface area contributed by atoms with Crippen molar-refractivity contribution in [2.45, 2.75) is 25.8 Å². The highest BCUT2D eigenvalue weighted by Gasteiger charge is 2.26. The van der Waals surface area contributed by atoms with Gasteiger partial charge in [0.25, 0.3) is 0 Å². The Morgan fingerprint density at radius 2 is 2.00 bits per heavy atom. The monoisotopic (exact) mass is 218 g/mol. The molecule has 0 aliphatic heterocycles. The van der Waals surface area contributed by atoms with Gasteiger partial charge in [0.05, 0.1) is 0 Å². The highest BCUT2D eigenvalue weighted by Crippen LogP contribution is 2.26. The van der Waals surface area contributed by atoms with Crippen LogP contribution in [0.2, 0.25) is 0 Å². The second-order valence-corrected chi connectivity index (χ2v) is 4.60. The molecule has 0 bridgehead atoms. The molecular formula is C13H18N2O. The largest absolute Gasteiger partial charge is 0.354 e. The summed E-state index contributed by atoms with van der Waals surface area (Å²) in [5.41, 5.74) is 8.23. The zero-order valence-corrected chi connectivity index (χ0v) is 9.57. The molecule has 0 spiro atoms. The van der Waals surface area contributed by atoms with E-state index in [1.165, 1.54) is 11.1 Å². The molecule has 1 amide bonds. The Kier molecular flexibility index (Phi) is 3.25. The van der Waals surface area contributed by atoms with Gasteiger partial charge in [-0.05, 0) is 30.9 Å². The highest BCUT2D eigenvalue weighted by molar-refractivity contribution is 5.80. The molecular weight excluding hydrogens is 200 g/mol. The van der Waals surface area contributed by atoms with Gasteiger partial charge < -0.3 is 11.1 Å². The summed E-state index contributed by atoms with van der Waals surface area (Å²) in [6, 6.07) is 8.29. The first kappa shape index (κ1) is 11.1. The van der Waals surface area contributed by atoms with Crippen molar-refractivity contribution in [3.05, 3.63) is 35.4 Å². The van der Waals surface area contributed by atoms with E-state index in [2.05, 4.69) is 17.4 Å². The average Bonchev–Trinajstić information content (AvgIpc) is 2.69. The predicted molar refractivity (Wildman–Crippen MR) is 64.0 cm³/mol. The number of nitrogens with one attached hydrogen (secondary N) is 1. The Hall–Kier alpha value is -1.35. The Balaban J connectivity index is 1.93. The lowest BCUT2D eigenvalue weighted by Gasteiger charge is -2.11. The summed E-state index contributed by atoms with van der Waals surface area (Å²) in [7, 11) is 0. The van der Waals surface area contributed by atoms with Crippen LogP contribution in [0, 0.1) is 5.92 Å². The summed E-state index contributed by atoms with van der Waals surface area (Å²) < 4.78 is 0. The summed E-state index contributed by atoms with van der Waals surface area (Å²) in [4.78, 5) is 11.9. The molecule has 1 atom stereocenters. The number of carbonyl (C=O) groups excluding carboxylic acids is 1. The van der Waals surface area contributed by atoms with Crippen LogP contribution in [-0.2, 0) is 17.6 Å². The quantitative estimate of drug-likeness (QED) is 0.790. The van der Waals surface area contributed by atoms with Crippen LogP contribution in [0.15, 0.2) is 24.3 Å². The predicted octanol–water partition coefficient (Wildman–Crippen LogP) is 0.865. The Bertz CT molecular complexity index is 362. The van der Waals surface area contributed by atoms with Crippen molar-refractivity contribution in [3.63, 3.8) is 0 Å². The van der Waals surface area contributed by atoms with E-state index in [0.29, 0.717) is 6.54 Å². The molecule has 1 unspecified atom stereocenters. The van der Waals surface area contributed by atoms with E-state index < -0.39 is 0 Å². The molecule has 0 fully saturated rings. The van der Waals surface area contributed by atoms with Gasteiger partial charge in [-0.3, -0.25) is 4.79 Å². The first-order valence-electron chi connectivity index (χ1n) is 5.77. The fraction of sp³-hybridized carbons (Fsp3) is 0.462. The first-order valence-corrected chi connectivity index (χ1v) is 5.77. The van der Waals surface area contributed by atoms with Crippen LogP contribution in [0.3, 0.4) is 0 Å². The van der Waals surface area contributed by atoms with Gasteiger partial charge >= 0.3 is 0 Å². The fourth-order valence-electron chi connectivity index (χ4n) is 2.15. The summed E-state index contributed by atoms with van der Waals surface area (Å²) in [6.07, 6.45) is 1.72. The molecule has 0 radical (unpaired) electrons. The number of carbonyl (C=O) groups is 1. The lowest BCUT2D eigenvalue weighted by atomic mass is 10.1. The lowest BCUT2D eigenvalue weighted by Crippen LogP contribution is -2.38. The molecule has 86 valence electrons. The van der Waals surface area contributed by atoms with Crippen molar-refractivity contribution in [2.24, 2.45) is 11.7 Å². The Morgan fingerprint density at radius 3 is 2.50 bits per heavy atom. The van der Waals surface area contributed by atoms with Crippen LogP contribution in [-0.4, -0.2) is 18.5 Å². The Labute approximate surface area is 96.0 Å². The molecule has 1 aromatic rings. The third-order valence-corrected chi connectivity index (χ3v) is 3.02. The lowest BCUT2D eigenvalue weighted by molar-refractivity contribution is -0.124. The van der Waals surface area contributed by atoms with Crippen LogP contribution < -0.4 is 11.1 Å². The third kappa shape index (κ3) is 2.42. The normalized spacial score (nSPS) is 16.9. The summed E-state index contributed by atoms with van der Waals surface area (Å²) in [5.74, 6) is 0.227. The molecule has 0 saturated heterocycles. The van der Waals surface area contributed by atoms with Gasteiger partial charge in [-0.25, -0.2) is 0 Å². The minimum atomic E-state index is 0.0210. The van der Waals surface area contributed by atoms with Crippen LogP contribution >= 0.6 is 0 Å². The van der Waals surface area contributed by atoms with Gasteiger partial charge in [0.15, 0.2) is 0 Å². The zero-order valence-electron chi connectivity index (χ0n) is 9.57. The molecule has 3 nitrogen and oxygen atoms in total. The maximum absolute atomic E-state index is 11.9. The van der Waals surface area contributed by atoms with Crippen LogP contribution in [0.25, 0.3) is 0 Å². The summed E-state index contributed by atoms with van der Waals surface area (Å²) in [5, 5.41) is 2.89. The maximum Gasteiger partial charge on any atom is 0.223 e. The van der Waals surface area contributed by atoms with Crippen molar-refractivity contribution in [2.75, 3.05) is 6.54 Å². The van der Waals surface area contributed by atoms with Crippen molar-refractivity contribution in [3.8, 4) is 0 Å². The van der Waals surface area contributed by atoms with Gasteiger partial charge in [0.2, 0.25) is 5.91 Å². The minimum absolute atomic E-state index is 0.0210. The molecule has 1 aliphatic carbocycles. The third-order valence-electron chi connectivity index (χ3n) is 3.02. The van der Waals surface area contributed by atoms with Gasteiger partial charge in [0.1, 0.15) is 0 Å². The van der Waals surface area contributed by atoms with Gasteiger partial charge in [-0.15, -0.1) is 0 Å². The molecule has 3 N–H and O–H groups in total. The maximum atomic E-state index is 11.9.